The summed E-state index contributed by atoms with van der Waals surface area (Å²) < 4.78 is 7.43. The van der Waals surface area contributed by atoms with Gasteiger partial charge >= 0.3 is 0 Å². The monoisotopic (exact) mass is 313 g/mol. The van der Waals surface area contributed by atoms with Crippen LogP contribution in [0.25, 0.3) is 0 Å². The molecule has 0 saturated heterocycles. The Labute approximate surface area is 138 Å². The van der Waals surface area contributed by atoms with Crippen LogP contribution in [0.2, 0.25) is 0 Å². The van der Waals surface area contributed by atoms with Crippen LogP contribution in [0.3, 0.4) is 0 Å². The highest BCUT2D eigenvalue weighted by Gasteiger charge is 2.23. The summed E-state index contributed by atoms with van der Waals surface area (Å²) >= 11 is 0. The van der Waals surface area contributed by atoms with Crippen molar-refractivity contribution in [2.75, 3.05) is 7.11 Å². The van der Waals surface area contributed by atoms with Gasteiger partial charge in [-0.2, -0.15) is 5.10 Å². The number of nitrogens with one attached hydrogen (secondary N) is 1. The summed E-state index contributed by atoms with van der Waals surface area (Å²) in [5, 5.41) is 8.38. The zero-order valence-corrected chi connectivity index (χ0v) is 14.6. The van der Waals surface area contributed by atoms with Crippen molar-refractivity contribution in [2.45, 2.75) is 51.6 Å². The summed E-state index contributed by atoms with van der Waals surface area (Å²) in [5.41, 5.74) is 5.25. The third kappa shape index (κ3) is 3.13. The molecule has 1 N–H and O–H groups in total. The lowest BCUT2D eigenvalue weighted by Crippen LogP contribution is -2.25. The third-order valence-corrected chi connectivity index (χ3v) is 4.75. The van der Waals surface area contributed by atoms with Crippen molar-refractivity contribution in [3.63, 3.8) is 0 Å². The van der Waals surface area contributed by atoms with Gasteiger partial charge in [-0.15, -0.1) is 0 Å². The number of fused-ring (bicyclic) bond motifs is 1. The Morgan fingerprint density at radius 2 is 2.13 bits per heavy atom. The van der Waals surface area contributed by atoms with Crippen LogP contribution in [-0.4, -0.2) is 16.9 Å². The molecule has 0 amide bonds. The fourth-order valence-electron chi connectivity index (χ4n) is 3.65. The highest BCUT2D eigenvalue weighted by molar-refractivity contribution is 5.35. The Bertz CT molecular complexity index is 675. The van der Waals surface area contributed by atoms with Crippen LogP contribution in [0.1, 0.15) is 61.0 Å². The average Bonchev–Trinajstić information content (AvgIpc) is 2.88. The van der Waals surface area contributed by atoms with Gasteiger partial charge in [-0.1, -0.05) is 38.1 Å². The summed E-state index contributed by atoms with van der Waals surface area (Å²) in [6.07, 6.45) is 3.63. The SMILES string of the molecule is COc1c(CN[C@@H]2CCCc3ccccc32)c(C(C)C)nn1C. The Balaban J connectivity index is 1.82. The normalized spacial score (nSPS) is 17.3. The van der Waals surface area contributed by atoms with Gasteiger partial charge < -0.3 is 10.1 Å². The molecule has 1 aromatic heterocycles. The fraction of sp³-hybridized carbons (Fsp3) is 0.526. The number of ether oxygens (including phenoxy) is 1. The minimum absolute atomic E-state index is 0.389. The van der Waals surface area contributed by atoms with E-state index in [4.69, 9.17) is 4.74 Å². The minimum atomic E-state index is 0.389. The Hall–Kier alpha value is -1.81. The lowest BCUT2D eigenvalue weighted by molar-refractivity contribution is 0.365. The molecule has 0 aliphatic heterocycles. The topological polar surface area (TPSA) is 39.1 Å². The maximum Gasteiger partial charge on any atom is 0.216 e. The van der Waals surface area contributed by atoms with E-state index in [1.54, 1.807) is 7.11 Å². The van der Waals surface area contributed by atoms with E-state index in [0.717, 1.165) is 18.1 Å². The highest BCUT2D eigenvalue weighted by atomic mass is 16.5. The summed E-state index contributed by atoms with van der Waals surface area (Å²) in [6, 6.07) is 9.22. The molecule has 0 spiro atoms. The molecule has 2 aromatic rings. The largest absolute Gasteiger partial charge is 0.481 e. The molecule has 1 atom stereocenters. The van der Waals surface area contributed by atoms with Gasteiger partial charge in [0.05, 0.1) is 18.4 Å². The molecule has 0 bridgehead atoms. The van der Waals surface area contributed by atoms with Gasteiger partial charge in [-0.3, -0.25) is 0 Å². The third-order valence-electron chi connectivity index (χ3n) is 4.75. The Morgan fingerprint density at radius 3 is 2.87 bits per heavy atom. The standard InChI is InChI=1S/C19H27N3O/c1-13(2)18-16(19(23-4)22(3)21-18)12-20-17-11-7-9-14-8-5-6-10-15(14)17/h5-6,8,10,13,17,20H,7,9,11-12H2,1-4H3/t17-/m1/s1. The number of benzene rings is 1. The molecule has 4 nitrogen and oxygen atoms in total. The number of hydrogen-bond donors (Lipinski definition) is 1. The van der Waals surface area contributed by atoms with Gasteiger partial charge in [-0.25, -0.2) is 4.68 Å². The van der Waals surface area contributed by atoms with E-state index in [1.807, 2.05) is 11.7 Å². The minimum Gasteiger partial charge on any atom is -0.481 e. The van der Waals surface area contributed by atoms with E-state index < -0.39 is 0 Å². The molecule has 124 valence electrons. The van der Waals surface area contributed by atoms with Crippen LogP contribution in [0.4, 0.5) is 0 Å². The predicted molar refractivity (Wildman–Crippen MR) is 92.8 cm³/mol. The first kappa shape index (κ1) is 16.1. The van der Waals surface area contributed by atoms with E-state index >= 15 is 0 Å². The van der Waals surface area contributed by atoms with Crippen LogP contribution in [0, 0.1) is 0 Å². The van der Waals surface area contributed by atoms with E-state index in [1.165, 1.54) is 36.0 Å². The van der Waals surface area contributed by atoms with Crippen molar-refractivity contribution in [1.82, 2.24) is 15.1 Å². The number of rotatable bonds is 5. The fourth-order valence-corrected chi connectivity index (χ4v) is 3.65. The molecule has 1 heterocycles. The van der Waals surface area contributed by atoms with Crippen LogP contribution in [-0.2, 0) is 20.0 Å². The van der Waals surface area contributed by atoms with Crippen LogP contribution in [0.15, 0.2) is 24.3 Å². The predicted octanol–water partition coefficient (Wildman–Crippen LogP) is 3.72. The van der Waals surface area contributed by atoms with Crippen LogP contribution < -0.4 is 10.1 Å². The summed E-state index contributed by atoms with van der Waals surface area (Å²) in [6.45, 7) is 5.16. The molecular weight excluding hydrogens is 286 g/mol. The van der Waals surface area contributed by atoms with Crippen molar-refractivity contribution in [2.24, 2.45) is 7.05 Å². The van der Waals surface area contributed by atoms with Gasteiger partial charge in [0, 0.05) is 19.6 Å². The van der Waals surface area contributed by atoms with Gasteiger partial charge in [-0.05, 0) is 36.3 Å². The van der Waals surface area contributed by atoms with Crippen molar-refractivity contribution in [1.29, 1.82) is 0 Å². The molecule has 4 heteroatoms. The van der Waals surface area contributed by atoms with E-state index in [-0.39, 0.29) is 0 Å². The first-order chi connectivity index (χ1) is 11.1. The van der Waals surface area contributed by atoms with E-state index in [2.05, 4.69) is 48.5 Å². The molecule has 0 radical (unpaired) electrons. The Morgan fingerprint density at radius 1 is 1.35 bits per heavy atom. The van der Waals surface area contributed by atoms with Crippen molar-refractivity contribution < 1.29 is 4.74 Å². The summed E-state index contributed by atoms with van der Waals surface area (Å²) in [5.74, 6) is 1.26. The second-order valence-corrected chi connectivity index (χ2v) is 6.68. The second-order valence-electron chi connectivity index (χ2n) is 6.68. The molecule has 0 saturated carbocycles. The maximum atomic E-state index is 5.58. The molecule has 3 rings (SSSR count). The maximum absolute atomic E-state index is 5.58. The van der Waals surface area contributed by atoms with E-state index in [0.29, 0.717) is 12.0 Å². The molecule has 0 fully saturated rings. The van der Waals surface area contributed by atoms with Gasteiger partial charge in [0.1, 0.15) is 0 Å². The summed E-state index contributed by atoms with van der Waals surface area (Å²) in [7, 11) is 3.67. The van der Waals surface area contributed by atoms with Gasteiger partial charge in [0.2, 0.25) is 5.88 Å². The zero-order valence-electron chi connectivity index (χ0n) is 14.6. The van der Waals surface area contributed by atoms with Gasteiger partial charge in [0.15, 0.2) is 0 Å². The van der Waals surface area contributed by atoms with E-state index in [9.17, 15) is 0 Å². The van der Waals surface area contributed by atoms with Crippen LogP contribution in [0.5, 0.6) is 5.88 Å². The first-order valence-electron chi connectivity index (χ1n) is 8.52. The number of aryl methyl sites for hydroxylation is 2. The lowest BCUT2D eigenvalue weighted by atomic mass is 9.87. The molecule has 1 aromatic carbocycles. The molecule has 23 heavy (non-hydrogen) atoms. The van der Waals surface area contributed by atoms with Crippen molar-refractivity contribution in [3.8, 4) is 5.88 Å². The Kier molecular flexibility index (Phi) is 4.71. The van der Waals surface area contributed by atoms with Crippen molar-refractivity contribution >= 4 is 0 Å². The second kappa shape index (κ2) is 6.75. The highest BCUT2D eigenvalue weighted by Crippen LogP contribution is 2.32. The average molecular weight is 313 g/mol. The first-order valence-corrected chi connectivity index (χ1v) is 8.52. The smallest absolute Gasteiger partial charge is 0.216 e. The molecule has 1 aliphatic rings. The molecule has 1 aliphatic carbocycles. The molecular formula is C19H27N3O. The number of methoxy groups -OCH3 is 1. The number of hydrogen-bond acceptors (Lipinski definition) is 3. The summed E-state index contributed by atoms with van der Waals surface area (Å²) in [4.78, 5) is 0. The van der Waals surface area contributed by atoms with Crippen LogP contribution >= 0.6 is 0 Å². The zero-order chi connectivity index (χ0) is 16.4. The molecule has 0 unspecified atom stereocenters. The number of nitrogens with zero attached hydrogens (tertiary/aromatic N) is 2. The quantitative estimate of drug-likeness (QED) is 0.914. The number of aromatic nitrogens is 2. The van der Waals surface area contributed by atoms with Gasteiger partial charge in [0.25, 0.3) is 0 Å². The lowest BCUT2D eigenvalue weighted by Gasteiger charge is -2.26. The van der Waals surface area contributed by atoms with Crippen molar-refractivity contribution in [3.05, 3.63) is 46.6 Å².